The van der Waals surface area contributed by atoms with Crippen molar-refractivity contribution in [1.29, 1.82) is 0 Å². The summed E-state index contributed by atoms with van der Waals surface area (Å²) >= 11 is 0. The first-order valence-corrected chi connectivity index (χ1v) is 12.5. The van der Waals surface area contributed by atoms with Gasteiger partial charge in [-0.05, 0) is 47.5 Å². The lowest BCUT2D eigenvalue weighted by Gasteiger charge is -2.23. The number of amides is 1. The Morgan fingerprint density at radius 3 is 2.11 bits per heavy atom. The molecule has 3 aromatic rings. The molecule has 0 aliphatic rings. The van der Waals surface area contributed by atoms with E-state index in [9.17, 15) is 26.4 Å². The van der Waals surface area contributed by atoms with Crippen LogP contribution < -0.4 is 9.62 Å². The molecule has 1 N–H and O–H groups in total. The molecule has 0 spiro atoms. The van der Waals surface area contributed by atoms with Crippen molar-refractivity contribution in [1.82, 2.24) is 5.32 Å². The van der Waals surface area contributed by atoms with E-state index in [1.807, 2.05) is 30.3 Å². The number of carbonyl (C=O) groups is 1. The molecule has 35 heavy (non-hydrogen) atoms. The Morgan fingerprint density at radius 1 is 0.914 bits per heavy atom. The minimum absolute atomic E-state index is 0.0978. The summed E-state index contributed by atoms with van der Waals surface area (Å²) in [5.74, 6) is -0.303. The molecule has 3 rings (SSSR count). The third-order valence-corrected chi connectivity index (χ3v) is 6.21. The lowest BCUT2D eigenvalue weighted by Crippen LogP contribution is -2.29. The van der Waals surface area contributed by atoms with Gasteiger partial charge in [0.1, 0.15) is 0 Å². The van der Waals surface area contributed by atoms with Crippen LogP contribution in [-0.4, -0.2) is 33.7 Å². The normalized spacial score (nSPS) is 11.8. The van der Waals surface area contributed by atoms with Crippen LogP contribution in [0.4, 0.5) is 18.9 Å². The number of halogens is 3. The van der Waals surface area contributed by atoms with Crippen molar-refractivity contribution >= 4 is 21.6 Å². The van der Waals surface area contributed by atoms with Crippen LogP contribution in [0.3, 0.4) is 0 Å². The molecule has 0 saturated heterocycles. The summed E-state index contributed by atoms with van der Waals surface area (Å²) in [4.78, 5) is 12.3. The minimum Gasteiger partial charge on any atom is -0.375 e. The molecule has 10 heteroatoms. The van der Waals surface area contributed by atoms with E-state index < -0.39 is 21.8 Å². The van der Waals surface area contributed by atoms with Gasteiger partial charge in [0.15, 0.2) is 0 Å². The molecule has 1 amide bonds. The largest absolute Gasteiger partial charge is 0.416 e. The summed E-state index contributed by atoms with van der Waals surface area (Å²) in [6.45, 7) is 1.01. The summed E-state index contributed by atoms with van der Waals surface area (Å²) in [5, 5.41) is 2.75. The Hall–Kier alpha value is -3.37. The number of anilines is 1. The van der Waals surface area contributed by atoms with E-state index in [1.165, 1.54) is 0 Å². The number of hydrogen-bond acceptors (Lipinski definition) is 4. The molecule has 6 nitrogen and oxygen atoms in total. The summed E-state index contributed by atoms with van der Waals surface area (Å²) in [5.41, 5.74) is 1.23. The van der Waals surface area contributed by atoms with Crippen molar-refractivity contribution in [3.8, 4) is 0 Å². The predicted molar refractivity (Wildman–Crippen MR) is 127 cm³/mol. The fraction of sp³-hybridized carbons (Fsp3) is 0.240. The van der Waals surface area contributed by atoms with E-state index >= 15 is 0 Å². The van der Waals surface area contributed by atoms with Gasteiger partial charge >= 0.3 is 6.18 Å². The summed E-state index contributed by atoms with van der Waals surface area (Å²) in [6, 6.07) is 19.9. The number of carbonyl (C=O) groups excluding carboxylic acids is 1. The van der Waals surface area contributed by atoms with Gasteiger partial charge in [0.2, 0.25) is 10.0 Å². The SMILES string of the molecule is CS(=O)(=O)N(Cc1ccc(C(=O)NCCOCc2ccccc2)cc1)c1ccc(C(F)(F)F)cc1. The zero-order chi connectivity index (χ0) is 25.5. The second-order valence-corrected chi connectivity index (χ2v) is 9.71. The molecule has 0 aromatic heterocycles. The van der Waals surface area contributed by atoms with E-state index in [1.54, 1.807) is 24.3 Å². The van der Waals surface area contributed by atoms with Crippen LogP contribution in [0.1, 0.15) is 27.0 Å². The topological polar surface area (TPSA) is 75.7 Å². The van der Waals surface area contributed by atoms with Crippen LogP contribution in [0, 0.1) is 0 Å². The van der Waals surface area contributed by atoms with Crippen molar-refractivity contribution in [2.75, 3.05) is 23.7 Å². The van der Waals surface area contributed by atoms with Crippen LogP contribution in [-0.2, 0) is 34.1 Å². The van der Waals surface area contributed by atoms with Crippen molar-refractivity contribution in [2.45, 2.75) is 19.3 Å². The Morgan fingerprint density at radius 2 is 1.54 bits per heavy atom. The molecule has 0 fully saturated rings. The van der Waals surface area contributed by atoms with Gasteiger partial charge in [0.05, 0.1) is 37.3 Å². The van der Waals surface area contributed by atoms with E-state index in [-0.39, 0.29) is 18.1 Å². The third-order valence-electron chi connectivity index (χ3n) is 5.07. The smallest absolute Gasteiger partial charge is 0.375 e. The Balaban J connectivity index is 1.56. The number of hydrogen-bond donors (Lipinski definition) is 1. The van der Waals surface area contributed by atoms with E-state index in [0.29, 0.717) is 30.9 Å². The van der Waals surface area contributed by atoms with Crippen LogP contribution in [0.15, 0.2) is 78.9 Å². The number of ether oxygens (including phenoxy) is 1. The summed E-state index contributed by atoms with van der Waals surface area (Å²) in [6.07, 6.45) is -3.54. The Kier molecular flexibility index (Phi) is 8.52. The molecule has 0 saturated carbocycles. The highest BCUT2D eigenvalue weighted by molar-refractivity contribution is 7.92. The first kappa shape index (κ1) is 26.2. The molecule has 0 radical (unpaired) electrons. The zero-order valence-electron chi connectivity index (χ0n) is 19.0. The zero-order valence-corrected chi connectivity index (χ0v) is 19.8. The maximum absolute atomic E-state index is 12.8. The van der Waals surface area contributed by atoms with E-state index in [0.717, 1.165) is 40.4 Å². The van der Waals surface area contributed by atoms with Crippen molar-refractivity contribution in [3.05, 3.63) is 101 Å². The Labute approximate surface area is 202 Å². The van der Waals surface area contributed by atoms with Crippen LogP contribution in [0.25, 0.3) is 0 Å². The monoisotopic (exact) mass is 506 g/mol. The molecule has 186 valence electrons. The van der Waals surface area contributed by atoms with E-state index in [4.69, 9.17) is 4.74 Å². The van der Waals surface area contributed by atoms with Crippen molar-refractivity contribution in [2.24, 2.45) is 0 Å². The van der Waals surface area contributed by atoms with Crippen molar-refractivity contribution in [3.63, 3.8) is 0 Å². The molecule has 0 aliphatic carbocycles. The summed E-state index contributed by atoms with van der Waals surface area (Å²) < 4.78 is 69.6. The number of benzene rings is 3. The standard InChI is InChI=1S/C25H25F3N2O4S/c1-35(32,33)30(23-13-11-22(12-14-23)25(26,27)28)17-19-7-9-21(10-8-19)24(31)29-15-16-34-18-20-5-3-2-4-6-20/h2-14H,15-18H2,1H3,(H,29,31). The van der Waals surface area contributed by atoms with Gasteiger partial charge in [-0.2, -0.15) is 13.2 Å². The number of nitrogens with zero attached hydrogens (tertiary/aromatic N) is 1. The molecule has 0 aliphatic heterocycles. The quantitative estimate of drug-likeness (QED) is 0.407. The molecular weight excluding hydrogens is 481 g/mol. The highest BCUT2D eigenvalue weighted by atomic mass is 32.2. The maximum Gasteiger partial charge on any atom is 0.416 e. The predicted octanol–water partition coefficient (Wildman–Crippen LogP) is 4.62. The second-order valence-electron chi connectivity index (χ2n) is 7.81. The number of alkyl halides is 3. The third kappa shape index (κ3) is 7.83. The number of sulfonamides is 1. The first-order chi connectivity index (χ1) is 16.5. The van der Waals surface area contributed by atoms with Gasteiger partial charge in [-0.3, -0.25) is 9.10 Å². The minimum atomic E-state index is -4.52. The maximum atomic E-state index is 12.8. The number of rotatable bonds is 10. The van der Waals surface area contributed by atoms with Gasteiger partial charge < -0.3 is 10.1 Å². The lowest BCUT2D eigenvalue weighted by molar-refractivity contribution is -0.137. The highest BCUT2D eigenvalue weighted by Gasteiger charge is 2.30. The molecule has 0 unspecified atom stereocenters. The van der Waals surface area contributed by atoms with Gasteiger partial charge in [0, 0.05) is 12.1 Å². The second kappa shape index (κ2) is 11.4. The highest BCUT2D eigenvalue weighted by Crippen LogP contribution is 2.31. The van der Waals surface area contributed by atoms with E-state index in [2.05, 4.69) is 5.32 Å². The summed E-state index contributed by atoms with van der Waals surface area (Å²) in [7, 11) is -3.77. The van der Waals surface area contributed by atoms with Gasteiger partial charge in [0.25, 0.3) is 5.91 Å². The van der Waals surface area contributed by atoms with Gasteiger partial charge in [-0.25, -0.2) is 8.42 Å². The average molecular weight is 507 g/mol. The molecule has 0 atom stereocenters. The van der Waals surface area contributed by atoms with Crippen LogP contribution >= 0.6 is 0 Å². The number of nitrogens with one attached hydrogen (secondary N) is 1. The molecule has 0 heterocycles. The Bertz CT molecular complexity index is 1210. The van der Waals surface area contributed by atoms with Crippen LogP contribution in [0.2, 0.25) is 0 Å². The first-order valence-electron chi connectivity index (χ1n) is 10.7. The van der Waals surface area contributed by atoms with Crippen molar-refractivity contribution < 1.29 is 31.1 Å². The fourth-order valence-electron chi connectivity index (χ4n) is 3.25. The fourth-order valence-corrected chi connectivity index (χ4v) is 4.14. The lowest BCUT2D eigenvalue weighted by atomic mass is 10.1. The average Bonchev–Trinajstić information content (AvgIpc) is 2.82. The molecular formula is C25H25F3N2O4S. The van der Waals surface area contributed by atoms with Gasteiger partial charge in [-0.1, -0.05) is 42.5 Å². The molecule has 0 bridgehead atoms. The molecule has 3 aromatic carbocycles. The van der Waals surface area contributed by atoms with Crippen LogP contribution in [0.5, 0.6) is 0 Å². The van der Waals surface area contributed by atoms with Gasteiger partial charge in [-0.15, -0.1) is 0 Å².